The predicted molar refractivity (Wildman–Crippen MR) is 82.5 cm³/mol. The Morgan fingerprint density at radius 2 is 1.81 bits per heavy atom. The molecular formula is C17H20FNO2. The second-order valence-corrected chi connectivity index (χ2v) is 4.87. The maximum Gasteiger partial charge on any atom is 0.167 e. The van der Waals surface area contributed by atoms with E-state index in [0.29, 0.717) is 11.5 Å². The molecule has 0 heterocycles. The van der Waals surface area contributed by atoms with Gasteiger partial charge in [-0.15, -0.1) is 0 Å². The van der Waals surface area contributed by atoms with Crippen LogP contribution in [0, 0.1) is 5.82 Å². The molecule has 0 bridgehead atoms. The molecule has 0 radical (unpaired) electrons. The van der Waals surface area contributed by atoms with E-state index in [-0.39, 0.29) is 11.4 Å². The Balaban J connectivity index is 2.14. The number of aryl methyl sites for hydroxylation is 1. The Bertz CT molecular complexity index is 596. The van der Waals surface area contributed by atoms with Gasteiger partial charge in [-0.05, 0) is 30.5 Å². The first kappa shape index (κ1) is 15.2. The quantitative estimate of drug-likeness (QED) is 0.793. The number of halogens is 1. The van der Waals surface area contributed by atoms with Gasteiger partial charge in [0, 0.05) is 12.1 Å². The predicted octanol–water partition coefficient (Wildman–Crippen LogP) is 4.55. The van der Waals surface area contributed by atoms with Gasteiger partial charge < -0.3 is 15.2 Å². The second kappa shape index (κ2) is 6.97. The molecule has 2 N–H and O–H groups in total. The van der Waals surface area contributed by atoms with Crippen LogP contribution in [0.3, 0.4) is 0 Å². The fourth-order valence-electron chi connectivity index (χ4n) is 2.03. The number of rotatable bonds is 6. The molecule has 0 aliphatic heterocycles. The Kier molecular flexibility index (Phi) is 5.04. The van der Waals surface area contributed by atoms with Gasteiger partial charge in [-0.2, -0.15) is 0 Å². The van der Waals surface area contributed by atoms with Crippen LogP contribution in [0.5, 0.6) is 17.2 Å². The molecule has 2 rings (SSSR count). The third-order valence-electron chi connectivity index (χ3n) is 3.25. The van der Waals surface area contributed by atoms with Gasteiger partial charge in [-0.1, -0.05) is 25.5 Å². The zero-order valence-corrected chi connectivity index (χ0v) is 12.4. The molecule has 112 valence electrons. The number of ether oxygens (including phenoxy) is 2. The lowest BCUT2D eigenvalue weighted by Crippen LogP contribution is -1.96. The summed E-state index contributed by atoms with van der Waals surface area (Å²) < 4.78 is 24.1. The summed E-state index contributed by atoms with van der Waals surface area (Å²) >= 11 is 0. The van der Waals surface area contributed by atoms with E-state index in [1.807, 2.05) is 24.3 Å². The lowest BCUT2D eigenvalue weighted by atomic mass is 10.1. The first-order chi connectivity index (χ1) is 10.1. The van der Waals surface area contributed by atoms with Gasteiger partial charge in [0.15, 0.2) is 17.3 Å². The largest absolute Gasteiger partial charge is 0.494 e. The summed E-state index contributed by atoms with van der Waals surface area (Å²) in [6.45, 7) is 2.17. The van der Waals surface area contributed by atoms with Crippen molar-refractivity contribution in [3.8, 4) is 17.2 Å². The minimum absolute atomic E-state index is 0.110. The van der Waals surface area contributed by atoms with Gasteiger partial charge in [0.2, 0.25) is 0 Å². The first-order valence-electron chi connectivity index (χ1n) is 7.04. The summed E-state index contributed by atoms with van der Waals surface area (Å²) in [6.07, 6.45) is 3.40. The molecule has 0 atom stereocenters. The highest BCUT2D eigenvalue weighted by Crippen LogP contribution is 2.33. The molecule has 0 amide bonds. The van der Waals surface area contributed by atoms with Crippen LogP contribution >= 0.6 is 0 Å². The summed E-state index contributed by atoms with van der Waals surface area (Å²) in [6, 6.07) is 10.5. The van der Waals surface area contributed by atoms with Crippen molar-refractivity contribution in [2.24, 2.45) is 0 Å². The maximum atomic E-state index is 13.5. The van der Waals surface area contributed by atoms with Crippen LogP contribution in [-0.2, 0) is 6.42 Å². The van der Waals surface area contributed by atoms with Crippen LogP contribution < -0.4 is 15.2 Å². The summed E-state index contributed by atoms with van der Waals surface area (Å²) in [7, 11) is 1.40. The molecule has 0 aliphatic rings. The summed E-state index contributed by atoms with van der Waals surface area (Å²) in [4.78, 5) is 0. The number of nitrogens with two attached hydrogens (primary N) is 1. The minimum Gasteiger partial charge on any atom is -0.494 e. The zero-order valence-electron chi connectivity index (χ0n) is 12.4. The number of hydrogen-bond donors (Lipinski definition) is 1. The van der Waals surface area contributed by atoms with Crippen LogP contribution in [0.25, 0.3) is 0 Å². The Labute approximate surface area is 124 Å². The summed E-state index contributed by atoms with van der Waals surface area (Å²) in [5, 5.41) is 0. The van der Waals surface area contributed by atoms with Crippen LogP contribution in [0.2, 0.25) is 0 Å². The van der Waals surface area contributed by atoms with Crippen LogP contribution in [0.15, 0.2) is 36.4 Å². The molecule has 3 nitrogen and oxygen atoms in total. The highest BCUT2D eigenvalue weighted by atomic mass is 19.1. The lowest BCUT2D eigenvalue weighted by molar-refractivity contribution is 0.382. The molecule has 0 aliphatic carbocycles. The molecule has 0 unspecified atom stereocenters. The monoisotopic (exact) mass is 289 g/mol. The topological polar surface area (TPSA) is 44.5 Å². The van der Waals surface area contributed by atoms with Gasteiger partial charge in [-0.3, -0.25) is 0 Å². The Hall–Kier alpha value is -2.23. The molecular weight excluding hydrogens is 269 g/mol. The van der Waals surface area contributed by atoms with Gasteiger partial charge in [0.05, 0.1) is 12.8 Å². The van der Waals surface area contributed by atoms with Crippen molar-refractivity contribution < 1.29 is 13.9 Å². The number of hydrogen-bond acceptors (Lipinski definition) is 3. The molecule has 0 spiro atoms. The summed E-state index contributed by atoms with van der Waals surface area (Å²) in [5.41, 5.74) is 7.28. The van der Waals surface area contributed by atoms with Crippen molar-refractivity contribution in [2.45, 2.75) is 26.2 Å². The number of anilines is 1. The molecule has 0 saturated carbocycles. The SMILES string of the molecule is CCCCc1ccc(Oc2cc(OC)c(F)cc2N)cc1. The van der Waals surface area contributed by atoms with Gasteiger partial charge in [0.25, 0.3) is 0 Å². The third-order valence-corrected chi connectivity index (χ3v) is 3.25. The molecule has 21 heavy (non-hydrogen) atoms. The Morgan fingerprint density at radius 1 is 1.10 bits per heavy atom. The van der Waals surface area contributed by atoms with Crippen molar-refractivity contribution in [3.63, 3.8) is 0 Å². The highest BCUT2D eigenvalue weighted by Gasteiger charge is 2.10. The Morgan fingerprint density at radius 3 is 2.43 bits per heavy atom. The normalized spacial score (nSPS) is 10.4. The summed E-state index contributed by atoms with van der Waals surface area (Å²) in [5.74, 6) is 0.654. The van der Waals surface area contributed by atoms with E-state index in [1.165, 1.54) is 37.6 Å². The molecule has 0 fully saturated rings. The van der Waals surface area contributed by atoms with Crippen molar-refractivity contribution in [2.75, 3.05) is 12.8 Å². The molecule has 2 aromatic rings. The molecule has 0 saturated heterocycles. The van der Waals surface area contributed by atoms with E-state index in [4.69, 9.17) is 15.2 Å². The van der Waals surface area contributed by atoms with Crippen molar-refractivity contribution in [1.82, 2.24) is 0 Å². The fourth-order valence-corrected chi connectivity index (χ4v) is 2.03. The van der Waals surface area contributed by atoms with Crippen LogP contribution in [0.4, 0.5) is 10.1 Å². The van der Waals surface area contributed by atoms with Gasteiger partial charge in [-0.25, -0.2) is 4.39 Å². The minimum atomic E-state index is -0.503. The zero-order chi connectivity index (χ0) is 15.2. The van der Waals surface area contributed by atoms with Crippen molar-refractivity contribution in [1.29, 1.82) is 0 Å². The van der Waals surface area contributed by atoms with E-state index in [9.17, 15) is 4.39 Å². The highest BCUT2D eigenvalue weighted by molar-refractivity contribution is 5.57. The van der Waals surface area contributed by atoms with Crippen LogP contribution in [0.1, 0.15) is 25.3 Å². The number of nitrogen functional groups attached to an aromatic ring is 1. The van der Waals surface area contributed by atoms with E-state index in [0.717, 1.165) is 6.42 Å². The first-order valence-corrected chi connectivity index (χ1v) is 7.04. The van der Waals surface area contributed by atoms with Crippen molar-refractivity contribution in [3.05, 3.63) is 47.8 Å². The lowest BCUT2D eigenvalue weighted by Gasteiger charge is -2.11. The van der Waals surface area contributed by atoms with E-state index in [1.54, 1.807) is 0 Å². The number of unbranched alkanes of at least 4 members (excludes halogenated alkanes) is 1. The molecule has 0 aromatic heterocycles. The fraction of sp³-hybridized carbons (Fsp3) is 0.294. The van der Waals surface area contributed by atoms with Gasteiger partial charge >= 0.3 is 0 Å². The number of methoxy groups -OCH3 is 1. The average molecular weight is 289 g/mol. The van der Waals surface area contributed by atoms with E-state index >= 15 is 0 Å². The second-order valence-electron chi connectivity index (χ2n) is 4.87. The standard InChI is InChI=1S/C17H20FNO2/c1-3-4-5-12-6-8-13(9-7-12)21-17-11-16(20-2)14(18)10-15(17)19/h6-11H,3-5,19H2,1-2H3. The number of benzene rings is 2. The third kappa shape index (κ3) is 3.88. The average Bonchev–Trinajstić information content (AvgIpc) is 2.49. The van der Waals surface area contributed by atoms with Gasteiger partial charge in [0.1, 0.15) is 5.75 Å². The van der Waals surface area contributed by atoms with Crippen molar-refractivity contribution >= 4 is 5.69 Å². The van der Waals surface area contributed by atoms with Crippen LogP contribution in [-0.4, -0.2) is 7.11 Å². The van der Waals surface area contributed by atoms with E-state index < -0.39 is 5.82 Å². The smallest absolute Gasteiger partial charge is 0.167 e. The molecule has 4 heteroatoms. The maximum absolute atomic E-state index is 13.5. The molecule has 2 aromatic carbocycles. The van der Waals surface area contributed by atoms with E-state index in [2.05, 4.69) is 6.92 Å².